The molecule has 18 heavy (non-hydrogen) atoms. The third-order valence-electron chi connectivity index (χ3n) is 2.22. The zero-order valence-electron chi connectivity index (χ0n) is 10.2. The number of carbonyl (C=O) groups excluding carboxylic acids is 1. The first kappa shape index (κ1) is 15.1. The molecule has 0 atom stereocenters. The van der Waals surface area contributed by atoms with Gasteiger partial charge in [0, 0.05) is 24.5 Å². The van der Waals surface area contributed by atoms with Crippen molar-refractivity contribution in [1.82, 2.24) is 10.0 Å². The molecule has 7 heteroatoms. The summed E-state index contributed by atoms with van der Waals surface area (Å²) >= 11 is 3.28. The minimum atomic E-state index is -3.53. The van der Waals surface area contributed by atoms with E-state index in [1.54, 1.807) is 25.1 Å². The van der Waals surface area contributed by atoms with Gasteiger partial charge < -0.3 is 5.32 Å². The molecule has 1 aromatic carbocycles. The summed E-state index contributed by atoms with van der Waals surface area (Å²) in [5, 5.41) is 2.52. The van der Waals surface area contributed by atoms with Crippen molar-refractivity contribution in [2.45, 2.75) is 18.7 Å². The van der Waals surface area contributed by atoms with Crippen LogP contribution in [0.2, 0.25) is 0 Å². The molecule has 0 aliphatic carbocycles. The van der Waals surface area contributed by atoms with E-state index in [1.807, 2.05) is 0 Å². The molecule has 0 aromatic heterocycles. The molecule has 1 amide bonds. The number of amides is 1. The summed E-state index contributed by atoms with van der Waals surface area (Å²) < 4.78 is 27.2. The van der Waals surface area contributed by atoms with Crippen LogP contribution < -0.4 is 10.0 Å². The molecule has 2 N–H and O–H groups in total. The Hall–Kier alpha value is -0.920. The zero-order valence-corrected chi connectivity index (χ0v) is 12.6. The number of hydrogen-bond acceptors (Lipinski definition) is 3. The Kier molecular flexibility index (Phi) is 5.30. The summed E-state index contributed by atoms with van der Waals surface area (Å²) in [5.41, 5.74) is 0.663. The number of benzene rings is 1. The number of halogens is 1. The van der Waals surface area contributed by atoms with Crippen LogP contribution in [0.1, 0.15) is 12.5 Å². The van der Waals surface area contributed by atoms with Crippen LogP contribution in [-0.2, 0) is 14.8 Å². The third-order valence-corrected chi connectivity index (χ3v) is 4.33. The maximum absolute atomic E-state index is 12.0. The molecule has 100 valence electrons. The fourth-order valence-electron chi connectivity index (χ4n) is 1.42. The van der Waals surface area contributed by atoms with Gasteiger partial charge in [0.2, 0.25) is 15.9 Å². The van der Waals surface area contributed by atoms with Crippen LogP contribution in [0.25, 0.3) is 0 Å². The van der Waals surface area contributed by atoms with Gasteiger partial charge in [0.05, 0.1) is 4.90 Å². The Morgan fingerprint density at radius 1 is 1.33 bits per heavy atom. The van der Waals surface area contributed by atoms with Gasteiger partial charge in [-0.15, -0.1) is 0 Å². The Bertz CT molecular complexity index is 543. The topological polar surface area (TPSA) is 75.3 Å². The van der Waals surface area contributed by atoms with Crippen molar-refractivity contribution in [2.75, 3.05) is 13.1 Å². The van der Waals surface area contributed by atoms with E-state index in [2.05, 4.69) is 26.0 Å². The molecule has 5 nitrogen and oxygen atoms in total. The molecular weight excluding hydrogens is 320 g/mol. The molecule has 0 spiro atoms. The molecular formula is C11H15BrN2O3S. The summed E-state index contributed by atoms with van der Waals surface area (Å²) in [6.45, 7) is 3.54. The lowest BCUT2D eigenvalue weighted by Gasteiger charge is -2.09. The van der Waals surface area contributed by atoms with Crippen molar-refractivity contribution in [1.29, 1.82) is 0 Å². The lowest BCUT2D eigenvalue weighted by atomic mass is 10.2. The standard InChI is InChI=1S/C11H15BrN2O3S/c1-8-7-10(12)3-4-11(8)18(16,17)14-6-5-13-9(2)15/h3-4,7,14H,5-6H2,1-2H3,(H,13,15). The highest BCUT2D eigenvalue weighted by atomic mass is 79.9. The van der Waals surface area contributed by atoms with E-state index in [0.717, 1.165) is 4.47 Å². The molecule has 0 radical (unpaired) electrons. The van der Waals surface area contributed by atoms with Crippen molar-refractivity contribution in [3.63, 3.8) is 0 Å². The molecule has 0 aliphatic rings. The minimum absolute atomic E-state index is 0.164. The second kappa shape index (κ2) is 6.31. The van der Waals surface area contributed by atoms with Crippen LogP contribution in [0.5, 0.6) is 0 Å². The third kappa shape index (κ3) is 4.40. The highest BCUT2D eigenvalue weighted by molar-refractivity contribution is 9.10. The summed E-state index contributed by atoms with van der Waals surface area (Å²) in [6.07, 6.45) is 0. The van der Waals surface area contributed by atoms with Gasteiger partial charge >= 0.3 is 0 Å². The van der Waals surface area contributed by atoms with Gasteiger partial charge in [-0.25, -0.2) is 13.1 Å². The maximum atomic E-state index is 12.0. The van der Waals surface area contributed by atoms with Crippen LogP contribution in [0.15, 0.2) is 27.6 Å². The van der Waals surface area contributed by atoms with Crippen LogP contribution in [0.4, 0.5) is 0 Å². The molecule has 0 heterocycles. The molecule has 0 aliphatic heterocycles. The second-order valence-electron chi connectivity index (χ2n) is 3.79. The predicted octanol–water partition coefficient (Wildman–Crippen LogP) is 1.17. The molecule has 1 aromatic rings. The summed E-state index contributed by atoms with van der Waals surface area (Å²) in [5.74, 6) is -0.186. The minimum Gasteiger partial charge on any atom is -0.355 e. The molecule has 0 unspecified atom stereocenters. The van der Waals surface area contributed by atoms with Gasteiger partial charge in [-0.1, -0.05) is 15.9 Å². The highest BCUT2D eigenvalue weighted by Gasteiger charge is 2.15. The van der Waals surface area contributed by atoms with Crippen LogP contribution in [0.3, 0.4) is 0 Å². The van der Waals surface area contributed by atoms with Gasteiger partial charge in [-0.2, -0.15) is 0 Å². The van der Waals surface area contributed by atoms with E-state index in [-0.39, 0.29) is 23.9 Å². The van der Waals surface area contributed by atoms with Gasteiger partial charge in [0.15, 0.2) is 0 Å². The van der Waals surface area contributed by atoms with E-state index in [4.69, 9.17) is 0 Å². The lowest BCUT2D eigenvalue weighted by Crippen LogP contribution is -2.33. The number of sulfonamides is 1. The summed E-state index contributed by atoms with van der Waals surface area (Å²) in [4.78, 5) is 10.9. The molecule has 0 saturated carbocycles. The Labute approximate surface area is 115 Å². The second-order valence-corrected chi connectivity index (χ2v) is 6.44. The fourth-order valence-corrected chi connectivity index (χ4v) is 3.15. The Morgan fingerprint density at radius 3 is 2.56 bits per heavy atom. The normalized spacial score (nSPS) is 11.3. The molecule has 0 saturated heterocycles. The lowest BCUT2D eigenvalue weighted by molar-refractivity contribution is -0.118. The van der Waals surface area contributed by atoms with Crippen LogP contribution in [-0.4, -0.2) is 27.4 Å². The van der Waals surface area contributed by atoms with Gasteiger partial charge in [0.1, 0.15) is 0 Å². The number of carbonyl (C=O) groups is 1. The fraction of sp³-hybridized carbons (Fsp3) is 0.364. The molecule has 0 fully saturated rings. The van der Waals surface area contributed by atoms with Crippen molar-refractivity contribution < 1.29 is 13.2 Å². The van der Waals surface area contributed by atoms with Gasteiger partial charge in [-0.3, -0.25) is 4.79 Å². The van der Waals surface area contributed by atoms with Crippen LogP contribution >= 0.6 is 15.9 Å². The number of hydrogen-bond donors (Lipinski definition) is 2. The average Bonchev–Trinajstić information content (AvgIpc) is 2.23. The summed E-state index contributed by atoms with van der Waals surface area (Å²) in [6, 6.07) is 4.96. The summed E-state index contributed by atoms with van der Waals surface area (Å²) in [7, 11) is -3.53. The first-order valence-electron chi connectivity index (χ1n) is 5.33. The SMILES string of the molecule is CC(=O)NCCNS(=O)(=O)c1ccc(Br)cc1C. The van der Waals surface area contributed by atoms with E-state index >= 15 is 0 Å². The Balaban J connectivity index is 2.71. The smallest absolute Gasteiger partial charge is 0.240 e. The quantitative estimate of drug-likeness (QED) is 0.794. The first-order valence-corrected chi connectivity index (χ1v) is 7.61. The predicted molar refractivity (Wildman–Crippen MR) is 72.8 cm³/mol. The van der Waals surface area contributed by atoms with E-state index in [9.17, 15) is 13.2 Å². The van der Waals surface area contributed by atoms with Crippen molar-refractivity contribution >= 4 is 31.9 Å². The monoisotopic (exact) mass is 334 g/mol. The van der Waals surface area contributed by atoms with E-state index in [1.165, 1.54) is 6.92 Å². The molecule has 0 bridgehead atoms. The average molecular weight is 335 g/mol. The zero-order chi connectivity index (χ0) is 13.8. The maximum Gasteiger partial charge on any atom is 0.240 e. The van der Waals surface area contributed by atoms with Crippen molar-refractivity contribution in [3.8, 4) is 0 Å². The van der Waals surface area contributed by atoms with Crippen molar-refractivity contribution in [3.05, 3.63) is 28.2 Å². The van der Waals surface area contributed by atoms with Gasteiger partial charge in [-0.05, 0) is 30.7 Å². The van der Waals surface area contributed by atoms with Crippen molar-refractivity contribution in [2.24, 2.45) is 0 Å². The van der Waals surface area contributed by atoms with E-state index < -0.39 is 10.0 Å². The molecule has 1 rings (SSSR count). The van der Waals surface area contributed by atoms with Crippen LogP contribution in [0, 0.1) is 6.92 Å². The number of nitrogens with one attached hydrogen (secondary N) is 2. The van der Waals surface area contributed by atoms with Gasteiger partial charge in [0.25, 0.3) is 0 Å². The van der Waals surface area contributed by atoms with E-state index in [0.29, 0.717) is 5.56 Å². The first-order chi connectivity index (χ1) is 8.33. The Morgan fingerprint density at radius 2 is 2.00 bits per heavy atom. The highest BCUT2D eigenvalue weighted by Crippen LogP contribution is 2.19. The number of aryl methyl sites for hydroxylation is 1. The number of rotatable bonds is 5. The largest absolute Gasteiger partial charge is 0.355 e.